The molecule has 1 aromatic heterocycles. The molecule has 154 valence electrons. The fourth-order valence-electron chi connectivity index (χ4n) is 3.49. The van der Waals surface area contributed by atoms with E-state index in [1.807, 2.05) is 45.2 Å². The van der Waals surface area contributed by atoms with Crippen molar-refractivity contribution in [2.24, 2.45) is 10.1 Å². The van der Waals surface area contributed by atoms with E-state index in [0.717, 1.165) is 38.3 Å². The number of nitrogens with zero attached hydrogens (tertiary/aromatic N) is 4. The summed E-state index contributed by atoms with van der Waals surface area (Å²) in [5, 5.41) is 14.7. The molecule has 9 heteroatoms. The number of thioether (sulfide) groups is 2. The largest absolute Gasteiger partial charge is 0.495 e. The number of benzene rings is 1. The number of amides is 1. The van der Waals surface area contributed by atoms with Crippen LogP contribution in [0.15, 0.2) is 39.9 Å². The lowest BCUT2D eigenvalue weighted by Crippen LogP contribution is -2.35. The van der Waals surface area contributed by atoms with Gasteiger partial charge in [0.05, 0.1) is 18.4 Å². The van der Waals surface area contributed by atoms with E-state index in [-0.39, 0.29) is 11.4 Å². The van der Waals surface area contributed by atoms with E-state index in [0.29, 0.717) is 5.17 Å². The number of carbonyl (C=O) groups excluding carboxylic acids is 1. The van der Waals surface area contributed by atoms with Crippen molar-refractivity contribution in [3.8, 4) is 11.4 Å². The highest BCUT2D eigenvalue weighted by atomic mass is 32.2. The third-order valence-electron chi connectivity index (χ3n) is 4.96. The Labute approximate surface area is 183 Å². The van der Waals surface area contributed by atoms with E-state index >= 15 is 0 Å². The van der Waals surface area contributed by atoms with Gasteiger partial charge in [-0.25, -0.2) is 0 Å². The number of fused-ring (bicyclic) bond motifs is 1. The topological polar surface area (TPSA) is 83.0 Å². The summed E-state index contributed by atoms with van der Waals surface area (Å²) in [6.45, 7) is 6.03. The fourth-order valence-corrected chi connectivity index (χ4v) is 4.84. The number of hydrogen-bond donors (Lipinski definition) is 1. The minimum Gasteiger partial charge on any atom is -0.495 e. The molecule has 2 aliphatic heterocycles. The van der Waals surface area contributed by atoms with E-state index in [1.54, 1.807) is 13.2 Å². The quantitative estimate of drug-likeness (QED) is 0.719. The van der Waals surface area contributed by atoms with Crippen LogP contribution in [0.3, 0.4) is 0 Å². The molecule has 7 nitrogen and oxygen atoms in total. The Hall–Kier alpha value is -2.78. The molecule has 1 aromatic carbocycles. The van der Waals surface area contributed by atoms with Gasteiger partial charge in [-0.15, -0.1) is 16.9 Å². The molecule has 0 saturated heterocycles. The molecule has 0 spiro atoms. The second kappa shape index (κ2) is 7.81. The molecule has 0 unspecified atom stereocenters. The molecule has 0 bridgehead atoms. The average Bonchev–Trinajstić information content (AvgIpc) is 3.25. The second-order valence-corrected chi connectivity index (χ2v) is 8.94. The Balaban J connectivity index is 1.79. The van der Waals surface area contributed by atoms with Crippen molar-refractivity contribution < 1.29 is 9.53 Å². The molecule has 1 N–H and O–H groups in total. The van der Waals surface area contributed by atoms with Crippen molar-refractivity contribution in [2.75, 3.05) is 13.4 Å². The lowest BCUT2D eigenvalue weighted by Gasteiger charge is -2.20. The van der Waals surface area contributed by atoms with E-state index in [1.165, 1.54) is 28.5 Å². The van der Waals surface area contributed by atoms with Gasteiger partial charge in [0.1, 0.15) is 5.75 Å². The van der Waals surface area contributed by atoms with E-state index in [4.69, 9.17) is 10.1 Å². The van der Waals surface area contributed by atoms with Gasteiger partial charge in [0.2, 0.25) is 5.17 Å². The van der Waals surface area contributed by atoms with Crippen LogP contribution in [0, 0.1) is 26.2 Å². The normalized spacial score (nSPS) is 17.4. The predicted molar refractivity (Wildman–Crippen MR) is 125 cm³/mol. The molecule has 2 aromatic rings. The number of ether oxygens (including phenoxy) is 1. The average molecular weight is 440 g/mol. The molecule has 0 atom stereocenters. The first-order chi connectivity index (χ1) is 14.3. The summed E-state index contributed by atoms with van der Waals surface area (Å²) in [6.07, 6.45) is 3.63. The number of hydrazone groups is 1. The molecule has 3 heterocycles. The van der Waals surface area contributed by atoms with Gasteiger partial charge in [-0.1, -0.05) is 6.07 Å². The molecule has 0 saturated carbocycles. The summed E-state index contributed by atoms with van der Waals surface area (Å²) in [5.74, 6) is 0.388. The Kier molecular flexibility index (Phi) is 5.33. The maximum Gasteiger partial charge on any atom is 0.283 e. The van der Waals surface area contributed by atoms with E-state index in [2.05, 4.69) is 20.7 Å². The van der Waals surface area contributed by atoms with E-state index in [9.17, 15) is 4.79 Å². The second-order valence-electron chi connectivity index (χ2n) is 6.93. The first kappa shape index (κ1) is 20.5. The van der Waals surface area contributed by atoms with Crippen LogP contribution in [0.1, 0.15) is 22.5 Å². The molecule has 4 rings (SSSR count). The molecule has 0 fully saturated rings. The van der Waals surface area contributed by atoms with Crippen LogP contribution in [0.25, 0.3) is 11.8 Å². The molecule has 1 amide bonds. The summed E-state index contributed by atoms with van der Waals surface area (Å²) in [6, 6.07) is 8.03. The monoisotopic (exact) mass is 439 g/mol. The fraction of sp³-hybridized carbons (Fsp3) is 0.238. The Morgan fingerprint density at radius 3 is 2.70 bits per heavy atom. The van der Waals surface area contributed by atoms with Crippen molar-refractivity contribution in [3.05, 3.63) is 52.4 Å². The number of hydrogen-bond acceptors (Lipinski definition) is 6. The number of amidine groups is 2. The first-order valence-corrected chi connectivity index (χ1v) is 11.3. The van der Waals surface area contributed by atoms with Gasteiger partial charge in [0.15, 0.2) is 10.2 Å². The number of aryl methyl sites for hydroxylation is 2. The SMILES string of the molecule is COc1ccc(C)cc1-n1c(C)cc(C=C2C(=N)N3N=C(SC)SC3=NC2=O)c1C. The smallest absolute Gasteiger partial charge is 0.283 e. The molecule has 0 aliphatic carbocycles. The van der Waals surface area contributed by atoms with Gasteiger partial charge in [0, 0.05) is 11.4 Å². The van der Waals surface area contributed by atoms with Crippen molar-refractivity contribution in [1.82, 2.24) is 9.58 Å². The van der Waals surface area contributed by atoms with Gasteiger partial charge < -0.3 is 9.30 Å². The van der Waals surface area contributed by atoms with Gasteiger partial charge in [-0.2, -0.15) is 10.0 Å². The van der Waals surface area contributed by atoms with Crippen molar-refractivity contribution >= 4 is 50.9 Å². The zero-order valence-electron chi connectivity index (χ0n) is 17.3. The summed E-state index contributed by atoms with van der Waals surface area (Å²) in [7, 11) is 1.65. The van der Waals surface area contributed by atoms with Crippen molar-refractivity contribution in [2.45, 2.75) is 20.8 Å². The standard InChI is InChI=1S/C21H21N5O2S2/c1-11-6-7-17(28-4)16(8-11)25-12(2)9-14(13(25)3)10-15-18(22)26-20(23-19(15)27)30-21(24-26)29-5/h6-10,22H,1-5H3. The summed E-state index contributed by atoms with van der Waals surface area (Å²) < 4.78 is 8.42. The highest BCUT2D eigenvalue weighted by Gasteiger charge is 2.35. The lowest BCUT2D eigenvalue weighted by molar-refractivity contribution is -0.114. The van der Waals surface area contributed by atoms with Crippen LogP contribution in [-0.2, 0) is 4.79 Å². The number of methoxy groups -OCH3 is 1. The molecule has 30 heavy (non-hydrogen) atoms. The van der Waals surface area contributed by atoms with Crippen molar-refractivity contribution in [3.63, 3.8) is 0 Å². The van der Waals surface area contributed by atoms with Crippen LogP contribution >= 0.6 is 23.5 Å². The zero-order chi connectivity index (χ0) is 21.6. The predicted octanol–water partition coefficient (Wildman–Crippen LogP) is 4.35. The molecule has 0 radical (unpaired) electrons. The minimum atomic E-state index is -0.422. The van der Waals surface area contributed by atoms with Gasteiger partial charge >= 0.3 is 0 Å². The maximum atomic E-state index is 12.6. The third kappa shape index (κ3) is 3.37. The van der Waals surface area contributed by atoms with Gasteiger partial charge in [0.25, 0.3) is 5.91 Å². The summed E-state index contributed by atoms with van der Waals surface area (Å²) in [4.78, 5) is 16.8. The number of rotatable bonds is 3. The molecule has 2 aliphatic rings. The van der Waals surface area contributed by atoms with Crippen LogP contribution in [0.4, 0.5) is 0 Å². The number of aromatic nitrogens is 1. The molecular weight excluding hydrogens is 418 g/mol. The van der Waals surface area contributed by atoms with Crippen LogP contribution in [0.2, 0.25) is 0 Å². The lowest BCUT2D eigenvalue weighted by atomic mass is 10.1. The minimum absolute atomic E-state index is 0.0412. The van der Waals surface area contributed by atoms with Crippen LogP contribution in [-0.4, -0.2) is 44.2 Å². The van der Waals surface area contributed by atoms with Crippen molar-refractivity contribution in [1.29, 1.82) is 5.41 Å². The first-order valence-electron chi connectivity index (χ1n) is 9.22. The number of aliphatic imine (C=N–C) groups is 1. The van der Waals surface area contributed by atoms with E-state index < -0.39 is 5.91 Å². The zero-order valence-corrected chi connectivity index (χ0v) is 18.9. The molecular formula is C21H21N5O2S2. The Morgan fingerprint density at radius 2 is 2.00 bits per heavy atom. The van der Waals surface area contributed by atoms with Crippen LogP contribution in [0.5, 0.6) is 5.75 Å². The maximum absolute atomic E-state index is 12.6. The summed E-state index contributed by atoms with van der Waals surface area (Å²) in [5.41, 5.74) is 5.08. The number of nitrogens with one attached hydrogen (secondary N) is 1. The highest BCUT2D eigenvalue weighted by molar-refractivity contribution is 8.45. The van der Waals surface area contributed by atoms with Crippen LogP contribution < -0.4 is 4.74 Å². The Morgan fingerprint density at radius 1 is 1.23 bits per heavy atom. The van der Waals surface area contributed by atoms with Gasteiger partial charge in [-0.05, 0) is 74.2 Å². The highest BCUT2D eigenvalue weighted by Crippen LogP contribution is 2.33. The number of carbonyl (C=O) groups is 1. The summed E-state index contributed by atoms with van der Waals surface area (Å²) >= 11 is 2.77. The Bertz CT molecular complexity index is 1180. The van der Waals surface area contributed by atoms with Gasteiger partial charge in [-0.3, -0.25) is 10.2 Å². The third-order valence-corrected chi connectivity index (χ3v) is 6.84.